The molecule has 1 unspecified atom stereocenters. The fraction of sp³-hybridized carbons (Fsp3) is 0.609. The molecule has 1 saturated heterocycles. The molecule has 1 aliphatic carbocycles. The number of nitrogens with one attached hydrogen (secondary N) is 2. The Kier molecular flexibility index (Phi) is 6.60. The van der Waals surface area contributed by atoms with Crippen LogP contribution in [-0.4, -0.2) is 48.5 Å². The first-order chi connectivity index (χ1) is 14.2. The lowest BCUT2D eigenvalue weighted by molar-refractivity contribution is 0.186. The van der Waals surface area contributed by atoms with Gasteiger partial charge in [-0.2, -0.15) is 0 Å². The molecule has 1 aromatic rings. The van der Waals surface area contributed by atoms with Gasteiger partial charge in [-0.05, 0) is 62.7 Å². The van der Waals surface area contributed by atoms with Crippen molar-refractivity contribution in [2.24, 2.45) is 16.8 Å². The molecule has 6 heteroatoms. The smallest absolute Gasteiger partial charge is 0.223 e. The van der Waals surface area contributed by atoms with E-state index in [0.717, 1.165) is 61.6 Å². The van der Waals surface area contributed by atoms with Crippen LogP contribution in [0.1, 0.15) is 51.6 Å². The van der Waals surface area contributed by atoms with E-state index in [1.807, 2.05) is 18.5 Å². The summed E-state index contributed by atoms with van der Waals surface area (Å²) < 4.78 is 5.52. The minimum atomic E-state index is 0.473. The predicted octanol–water partition coefficient (Wildman–Crippen LogP) is 3.84. The number of anilines is 1. The minimum Gasteiger partial charge on any atom is -0.384 e. The molecule has 2 fully saturated rings. The molecule has 0 amide bonds. The monoisotopic (exact) mass is 395 g/mol. The summed E-state index contributed by atoms with van der Waals surface area (Å²) in [4.78, 5) is 13.9. The van der Waals surface area contributed by atoms with Crippen LogP contribution in [0.3, 0.4) is 0 Å². The third kappa shape index (κ3) is 5.44. The summed E-state index contributed by atoms with van der Waals surface area (Å²) in [5.74, 6) is 2.12. The highest BCUT2D eigenvalue weighted by Gasteiger charge is 2.20. The van der Waals surface area contributed by atoms with Gasteiger partial charge < -0.3 is 15.4 Å². The molecule has 4 rings (SSSR count). The average molecular weight is 396 g/mol. The zero-order valence-electron chi connectivity index (χ0n) is 17.7. The molecule has 1 saturated carbocycles. The first kappa shape index (κ1) is 20.1. The quantitative estimate of drug-likeness (QED) is 0.766. The number of allylic oxidation sites excluding steroid dienone is 2. The summed E-state index contributed by atoms with van der Waals surface area (Å²) in [6.45, 7) is 7.80. The van der Waals surface area contributed by atoms with Gasteiger partial charge in [0.2, 0.25) is 5.95 Å². The highest BCUT2D eigenvalue weighted by atomic mass is 16.5. The molecular weight excluding hydrogens is 362 g/mol. The molecule has 0 aromatic carbocycles. The highest BCUT2D eigenvalue weighted by molar-refractivity contribution is 6.11. The zero-order valence-corrected chi connectivity index (χ0v) is 17.7. The normalized spacial score (nSPS) is 27.5. The Labute approximate surface area is 174 Å². The second kappa shape index (κ2) is 9.53. The van der Waals surface area contributed by atoms with E-state index in [-0.39, 0.29) is 0 Å². The van der Waals surface area contributed by atoms with Crippen LogP contribution in [0.5, 0.6) is 0 Å². The number of ether oxygens (including phenoxy) is 1. The van der Waals surface area contributed by atoms with Gasteiger partial charge in [-0.1, -0.05) is 6.92 Å². The summed E-state index contributed by atoms with van der Waals surface area (Å²) in [6.07, 6.45) is 12.1. The molecule has 29 heavy (non-hydrogen) atoms. The summed E-state index contributed by atoms with van der Waals surface area (Å²) in [5, 5.41) is 7.19. The van der Waals surface area contributed by atoms with E-state index in [4.69, 9.17) is 9.72 Å². The minimum absolute atomic E-state index is 0.473. The summed E-state index contributed by atoms with van der Waals surface area (Å²) in [6, 6.07) is 2.45. The van der Waals surface area contributed by atoms with Crippen LogP contribution in [0.4, 0.5) is 5.95 Å². The predicted molar refractivity (Wildman–Crippen MR) is 118 cm³/mol. The van der Waals surface area contributed by atoms with Crippen LogP contribution in [0.25, 0.3) is 5.57 Å². The Balaban J connectivity index is 1.53. The number of aliphatic imine (C=N–C) groups is 1. The van der Waals surface area contributed by atoms with Crippen LogP contribution in [-0.2, 0) is 4.74 Å². The molecule has 0 radical (unpaired) electrons. The van der Waals surface area contributed by atoms with Crippen LogP contribution in [0.2, 0.25) is 0 Å². The third-order valence-electron chi connectivity index (χ3n) is 6.13. The summed E-state index contributed by atoms with van der Waals surface area (Å²) >= 11 is 0. The molecule has 1 aromatic heterocycles. The second-order valence-corrected chi connectivity index (χ2v) is 8.76. The van der Waals surface area contributed by atoms with Gasteiger partial charge in [0.15, 0.2) is 0 Å². The van der Waals surface area contributed by atoms with Gasteiger partial charge in [0, 0.05) is 48.8 Å². The molecule has 2 N–H and O–H groups in total. The van der Waals surface area contributed by atoms with Crippen molar-refractivity contribution in [2.75, 3.05) is 31.6 Å². The molecule has 6 nitrogen and oxygen atoms in total. The van der Waals surface area contributed by atoms with Gasteiger partial charge in [0.05, 0.1) is 18.8 Å². The van der Waals surface area contributed by atoms with Gasteiger partial charge in [-0.25, -0.2) is 9.97 Å². The van der Waals surface area contributed by atoms with Gasteiger partial charge in [-0.3, -0.25) is 4.99 Å². The van der Waals surface area contributed by atoms with Crippen LogP contribution < -0.4 is 10.6 Å². The Bertz CT molecular complexity index is 786. The lowest BCUT2D eigenvalue weighted by Gasteiger charge is -2.26. The van der Waals surface area contributed by atoms with Crippen molar-refractivity contribution in [2.45, 2.75) is 52.0 Å². The van der Waals surface area contributed by atoms with Crippen LogP contribution in [0.15, 0.2) is 34.6 Å². The first-order valence-corrected chi connectivity index (χ1v) is 11.0. The molecular formula is C23H33N5O. The Morgan fingerprint density at radius 1 is 1.17 bits per heavy atom. The van der Waals surface area contributed by atoms with Gasteiger partial charge in [0.1, 0.15) is 0 Å². The van der Waals surface area contributed by atoms with E-state index >= 15 is 0 Å². The maximum atomic E-state index is 5.52. The van der Waals surface area contributed by atoms with Crippen molar-refractivity contribution in [1.82, 2.24) is 15.3 Å². The number of aromatic nitrogens is 2. The van der Waals surface area contributed by atoms with Gasteiger partial charge in [0.25, 0.3) is 0 Å². The molecule has 3 heterocycles. The maximum Gasteiger partial charge on any atom is 0.223 e. The Morgan fingerprint density at radius 3 is 2.83 bits per heavy atom. The maximum absolute atomic E-state index is 5.52. The summed E-state index contributed by atoms with van der Waals surface area (Å²) in [5.41, 5.74) is 4.27. The van der Waals surface area contributed by atoms with Crippen molar-refractivity contribution < 1.29 is 4.74 Å². The first-order valence-electron chi connectivity index (χ1n) is 11.0. The Morgan fingerprint density at radius 2 is 2.03 bits per heavy atom. The SMILES string of the molecule is CC1=CC(NCC2CCOC2)=C(c2ccnc(NC3CCC(C)CC3)n2)C=NC1. The fourth-order valence-electron chi connectivity index (χ4n) is 4.23. The van der Waals surface area contributed by atoms with Gasteiger partial charge >= 0.3 is 0 Å². The molecule has 2 aliphatic heterocycles. The van der Waals surface area contributed by atoms with Gasteiger partial charge in [-0.15, -0.1) is 0 Å². The van der Waals surface area contributed by atoms with Crippen LogP contribution in [0, 0.1) is 11.8 Å². The third-order valence-corrected chi connectivity index (χ3v) is 6.13. The van der Waals surface area contributed by atoms with E-state index in [9.17, 15) is 0 Å². The second-order valence-electron chi connectivity index (χ2n) is 8.76. The Hall–Kier alpha value is -2.21. The van der Waals surface area contributed by atoms with Crippen molar-refractivity contribution in [3.8, 4) is 0 Å². The standard InChI is InChI=1S/C23H33N5O/c1-16-3-5-19(6-4-16)27-23-25-9-7-21(28-23)20-14-24-12-17(2)11-22(20)26-13-18-8-10-29-15-18/h7,9,11,14,16,18-19,26H,3-6,8,10,12-13,15H2,1-2H3,(H,25,27,28). The van der Waals surface area contributed by atoms with E-state index in [2.05, 4.69) is 40.5 Å². The van der Waals surface area contributed by atoms with E-state index in [1.165, 1.54) is 31.3 Å². The van der Waals surface area contributed by atoms with Crippen molar-refractivity contribution in [1.29, 1.82) is 0 Å². The number of nitrogens with zero attached hydrogens (tertiary/aromatic N) is 3. The molecule has 0 spiro atoms. The van der Waals surface area contributed by atoms with E-state index in [0.29, 0.717) is 12.0 Å². The molecule has 0 bridgehead atoms. The lowest BCUT2D eigenvalue weighted by Crippen LogP contribution is -2.26. The molecule has 3 aliphatic rings. The number of hydrogen-bond acceptors (Lipinski definition) is 6. The molecule has 1 atom stereocenters. The van der Waals surface area contributed by atoms with Crippen molar-refractivity contribution in [3.63, 3.8) is 0 Å². The number of rotatable bonds is 6. The number of hydrogen-bond donors (Lipinski definition) is 2. The largest absolute Gasteiger partial charge is 0.384 e. The van der Waals surface area contributed by atoms with E-state index < -0.39 is 0 Å². The average Bonchev–Trinajstić information content (AvgIpc) is 3.17. The topological polar surface area (TPSA) is 71.4 Å². The lowest BCUT2D eigenvalue weighted by atomic mass is 9.87. The molecule has 156 valence electrons. The highest BCUT2D eigenvalue weighted by Crippen LogP contribution is 2.26. The van der Waals surface area contributed by atoms with Crippen molar-refractivity contribution >= 4 is 17.7 Å². The fourth-order valence-corrected chi connectivity index (χ4v) is 4.23. The van der Waals surface area contributed by atoms with E-state index in [1.54, 1.807) is 0 Å². The zero-order chi connectivity index (χ0) is 20.1. The van der Waals surface area contributed by atoms with Crippen molar-refractivity contribution in [3.05, 3.63) is 35.3 Å². The van der Waals surface area contributed by atoms with Crippen LogP contribution >= 0.6 is 0 Å². The summed E-state index contributed by atoms with van der Waals surface area (Å²) in [7, 11) is 0.